The molecule has 0 bridgehead atoms. The van der Waals surface area contributed by atoms with Crippen LogP contribution in [0.2, 0.25) is 0 Å². The molecule has 1 aromatic rings. The van der Waals surface area contributed by atoms with Gasteiger partial charge in [0, 0.05) is 19.0 Å². The molecule has 0 unspecified atom stereocenters. The molecule has 3 amide bonds. The third kappa shape index (κ3) is 4.49. The summed E-state index contributed by atoms with van der Waals surface area (Å²) in [6.07, 6.45) is 8.07. The number of urea groups is 1. The Hall–Kier alpha value is -2.04. The van der Waals surface area contributed by atoms with E-state index in [4.69, 9.17) is 0 Å². The van der Waals surface area contributed by atoms with Crippen LogP contribution >= 0.6 is 0 Å². The third-order valence-corrected chi connectivity index (χ3v) is 5.05. The van der Waals surface area contributed by atoms with Crippen molar-refractivity contribution < 1.29 is 9.59 Å². The number of hydrogen-bond donors (Lipinski definition) is 3. The molecule has 0 heterocycles. The van der Waals surface area contributed by atoms with Gasteiger partial charge in [0.1, 0.15) is 0 Å². The summed E-state index contributed by atoms with van der Waals surface area (Å²) in [7, 11) is 0. The molecule has 0 spiro atoms. The normalized spacial score (nSPS) is 20.2. The van der Waals surface area contributed by atoms with Crippen molar-refractivity contribution in [3.05, 3.63) is 35.4 Å². The largest absolute Gasteiger partial charge is 0.349 e. The zero-order chi connectivity index (χ0) is 16.8. The molecule has 2 aliphatic carbocycles. The molecule has 5 nitrogen and oxygen atoms in total. The summed E-state index contributed by atoms with van der Waals surface area (Å²) in [5, 5.41) is 8.87. The van der Waals surface area contributed by atoms with Gasteiger partial charge < -0.3 is 16.0 Å². The zero-order valence-corrected chi connectivity index (χ0v) is 14.1. The molecule has 1 saturated carbocycles. The van der Waals surface area contributed by atoms with Gasteiger partial charge >= 0.3 is 6.03 Å². The van der Waals surface area contributed by atoms with Crippen molar-refractivity contribution in [2.24, 2.45) is 0 Å². The molecule has 2 aliphatic rings. The Morgan fingerprint density at radius 2 is 1.79 bits per heavy atom. The lowest BCUT2D eigenvalue weighted by Gasteiger charge is -2.22. The number of carbonyl (C=O) groups excluding carboxylic acids is 2. The SMILES string of the molecule is O=C(CCNC(=O)NC1CCCCC1)N[C@@H]1CCc2ccccc21. The summed E-state index contributed by atoms with van der Waals surface area (Å²) in [5.74, 6) is -0.00494. The summed E-state index contributed by atoms with van der Waals surface area (Å²) < 4.78 is 0. The van der Waals surface area contributed by atoms with E-state index < -0.39 is 0 Å². The van der Waals surface area contributed by atoms with Gasteiger partial charge in [0.15, 0.2) is 0 Å². The van der Waals surface area contributed by atoms with E-state index in [-0.39, 0.29) is 18.0 Å². The number of rotatable bonds is 5. The number of amides is 3. The minimum Gasteiger partial charge on any atom is -0.349 e. The summed E-state index contributed by atoms with van der Waals surface area (Å²) in [4.78, 5) is 23.9. The fraction of sp³-hybridized carbons (Fsp3) is 0.579. The van der Waals surface area contributed by atoms with Crippen LogP contribution in [-0.4, -0.2) is 24.5 Å². The Labute approximate surface area is 143 Å². The molecule has 3 N–H and O–H groups in total. The van der Waals surface area contributed by atoms with Crippen LogP contribution in [0, 0.1) is 0 Å². The number of carbonyl (C=O) groups is 2. The van der Waals surface area contributed by atoms with Crippen LogP contribution in [0.15, 0.2) is 24.3 Å². The first-order valence-electron chi connectivity index (χ1n) is 9.14. The standard InChI is InChI=1S/C19H27N3O2/c23-18(22-17-11-10-14-6-4-5-9-16(14)17)12-13-20-19(24)21-15-7-2-1-3-8-15/h4-6,9,15,17H,1-3,7-8,10-13H2,(H,22,23)(H2,20,21,24)/t17-/m1/s1. The molecule has 130 valence electrons. The predicted octanol–water partition coefficient (Wildman–Crippen LogP) is 2.81. The van der Waals surface area contributed by atoms with Crippen LogP contribution in [0.3, 0.4) is 0 Å². The van der Waals surface area contributed by atoms with E-state index in [2.05, 4.69) is 28.1 Å². The fourth-order valence-electron chi connectivity index (χ4n) is 3.75. The van der Waals surface area contributed by atoms with Gasteiger partial charge in [-0.3, -0.25) is 4.79 Å². The molecule has 3 rings (SSSR count). The van der Waals surface area contributed by atoms with Crippen molar-refractivity contribution in [3.8, 4) is 0 Å². The van der Waals surface area contributed by atoms with Crippen LogP contribution in [0.25, 0.3) is 0 Å². The molecule has 24 heavy (non-hydrogen) atoms. The molecule has 0 radical (unpaired) electrons. The van der Waals surface area contributed by atoms with E-state index in [0.29, 0.717) is 19.0 Å². The number of aryl methyl sites for hydroxylation is 1. The molecular formula is C19H27N3O2. The van der Waals surface area contributed by atoms with Gasteiger partial charge in [-0.1, -0.05) is 43.5 Å². The fourth-order valence-corrected chi connectivity index (χ4v) is 3.75. The maximum absolute atomic E-state index is 12.1. The highest BCUT2D eigenvalue weighted by Gasteiger charge is 2.23. The Kier molecular flexibility index (Phi) is 5.72. The van der Waals surface area contributed by atoms with Crippen LogP contribution < -0.4 is 16.0 Å². The van der Waals surface area contributed by atoms with E-state index >= 15 is 0 Å². The zero-order valence-electron chi connectivity index (χ0n) is 14.1. The van der Waals surface area contributed by atoms with Crippen molar-refractivity contribution in [1.29, 1.82) is 0 Å². The Balaban J connectivity index is 1.35. The molecular weight excluding hydrogens is 302 g/mol. The molecule has 0 saturated heterocycles. The van der Waals surface area contributed by atoms with Gasteiger partial charge in [0.25, 0.3) is 0 Å². The van der Waals surface area contributed by atoms with E-state index in [1.807, 2.05) is 12.1 Å². The molecule has 1 fully saturated rings. The number of fused-ring (bicyclic) bond motifs is 1. The van der Waals surface area contributed by atoms with Gasteiger partial charge in [-0.05, 0) is 36.8 Å². The van der Waals surface area contributed by atoms with Crippen molar-refractivity contribution in [1.82, 2.24) is 16.0 Å². The highest BCUT2D eigenvalue weighted by molar-refractivity contribution is 5.78. The smallest absolute Gasteiger partial charge is 0.315 e. The minimum absolute atomic E-state index is 0.00494. The lowest BCUT2D eigenvalue weighted by Crippen LogP contribution is -2.43. The molecule has 1 aromatic carbocycles. The first-order valence-corrected chi connectivity index (χ1v) is 9.14. The molecule has 0 aliphatic heterocycles. The Morgan fingerprint density at radius 3 is 2.62 bits per heavy atom. The topological polar surface area (TPSA) is 70.2 Å². The monoisotopic (exact) mass is 329 g/mol. The van der Waals surface area contributed by atoms with Gasteiger partial charge in [-0.2, -0.15) is 0 Å². The summed E-state index contributed by atoms with van der Waals surface area (Å²) >= 11 is 0. The minimum atomic E-state index is -0.152. The predicted molar refractivity (Wildman–Crippen MR) is 93.7 cm³/mol. The van der Waals surface area contributed by atoms with Gasteiger partial charge in [-0.15, -0.1) is 0 Å². The highest BCUT2D eigenvalue weighted by atomic mass is 16.2. The first kappa shape index (κ1) is 16.8. The maximum atomic E-state index is 12.1. The number of benzene rings is 1. The lowest BCUT2D eigenvalue weighted by atomic mass is 9.96. The maximum Gasteiger partial charge on any atom is 0.315 e. The van der Waals surface area contributed by atoms with E-state index in [1.165, 1.54) is 30.4 Å². The van der Waals surface area contributed by atoms with Crippen molar-refractivity contribution in [3.63, 3.8) is 0 Å². The second-order valence-corrected chi connectivity index (χ2v) is 6.84. The summed E-state index contributed by atoms with van der Waals surface area (Å²) in [6, 6.07) is 8.52. The van der Waals surface area contributed by atoms with Crippen LogP contribution in [0.5, 0.6) is 0 Å². The molecule has 0 aromatic heterocycles. The second-order valence-electron chi connectivity index (χ2n) is 6.84. The molecule has 1 atom stereocenters. The van der Waals surface area contributed by atoms with Crippen molar-refractivity contribution >= 4 is 11.9 Å². The van der Waals surface area contributed by atoms with Gasteiger partial charge in [0.2, 0.25) is 5.91 Å². The summed E-state index contributed by atoms with van der Waals surface area (Å²) in [5.41, 5.74) is 2.56. The van der Waals surface area contributed by atoms with Gasteiger partial charge in [-0.25, -0.2) is 4.79 Å². The number of nitrogens with one attached hydrogen (secondary N) is 3. The second kappa shape index (κ2) is 8.18. The highest BCUT2D eigenvalue weighted by Crippen LogP contribution is 2.30. The van der Waals surface area contributed by atoms with Crippen molar-refractivity contribution in [2.45, 2.75) is 63.5 Å². The third-order valence-electron chi connectivity index (χ3n) is 5.05. The first-order chi connectivity index (χ1) is 11.7. The van der Waals surface area contributed by atoms with Crippen LogP contribution in [-0.2, 0) is 11.2 Å². The average molecular weight is 329 g/mol. The Morgan fingerprint density at radius 1 is 1.00 bits per heavy atom. The van der Waals surface area contributed by atoms with E-state index in [0.717, 1.165) is 25.7 Å². The lowest BCUT2D eigenvalue weighted by molar-refractivity contribution is -0.121. The van der Waals surface area contributed by atoms with Gasteiger partial charge in [0.05, 0.1) is 6.04 Å². The quantitative estimate of drug-likeness (QED) is 0.777. The van der Waals surface area contributed by atoms with Crippen molar-refractivity contribution in [2.75, 3.05) is 6.54 Å². The van der Waals surface area contributed by atoms with Crippen LogP contribution in [0.1, 0.15) is 62.1 Å². The average Bonchev–Trinajstić information content (AvgIpc) is 2.99. The Bertz CT molecular complexity index is 582. The summed E-state index contributed by atoms with van der Waals surface area (Å²) in [6.45, 7) is 0.374. The van der Waals surface area contributed by atoms with E-state index in [1.54, 1.807) is 0 Å². The van der Waals surface area contributed by atoms with E-state index in [9.17, 15) is 9.59 Å². The molecule has 5 heteroatoms. The number of hydrogen-bond acceptors (Lipinski definition) is 2. The van der Waals surface area contributed by atoms with Crippen LogP contribution in [0.4, 0.5) is 4.79 Å².